The maximum absolute atomic E-state index is 12.5. The van der Waals surface area contributed by atoms with Gasteiger partial charge in [0, 0.05) is 16.6 Å². The summed E-state index contributed by atoms with van der Waals surface area (Å²) in [5.74, 6) is 0.422. The molecule has 0 aliphatic carbocycles. The number of nitrogens with zero attached hydrogens (tertiary/aromatic N) is 2. The van der Waals surface area contributed by atoms with Gasteiger partial charge in [-0.25, -0.2) is 4.99 Å². The first kappa shape index (κ1) is 25.2. The molecule has 1 heterocycles. The fourth-order valence-electron chi connectivity index (χ4n) is 3.34. The standard InChI is InChI=1S/C25H19Br2N3O4S/c1-14-9-18(10-15(2)23(14)27)28-25-29-24(31)22(35-25)12-17-5-8-21(20(26)11-17)34-13-16-3-6-19(7-4-16)30(32)33/h3-12H,13H2,1-2H3,(H,28,29,31)/b22-12-. The van der Waals surface area contributed by atoms with Crippen LogP contribution in [-0.2, 0) is 11.4 Å². The first-order chi connectivity index (χ1) is 16.7. The highest BCUT2D eigenvalue weighted by molar-refractivity contribution is 9.10. The number of rotatable bonds is 6. The van der Waals surface area contributed by atoms with Crippen molar-refractivity contribution in [3.8, 4) is 5.75 Å². The third-order valence-electron chi connectivity index (χ3n) is 5.10. The number of carbonyl (C=O) groups excluding carboxylic acids is 1. The molecule has 7 nitrogen and oxygen atoms in total. The van der Waals surface area contributed by atoms with Crippen molar-refractivity contribution in [2.24, 2.45) is 4.99 Å². The predicted octanol–water partition coefficient (Wildman–Crippen LogP) is 7.21. The Morgan fingerprint density at radius 3 is 2.40 bits per heavy atom. The quantitative estimate of drug-likeness (QED) is 0.179. The van der Waals surface area contributed by atoms with Crippen molar-refractivity contribution < 1.29 is 14.5 Å². The van der Waals surface area contributed by atoms with Gasteiger partial charge in [-0.05, 0) is 106 Å². The zero-order chi connectivity index (χ0) is 25.1. The molecule has 4 rings (SSSR count). The minimum absolute atomic E-state index is 0.0383. The van der Waals surface area contributed by atoms with Gasteiger partial charge in [0.2, 0.25) is 0 Å². The van der Waals surface area contributed by atoms with Crippen LogP contribution < -0.4 is 10.1 Å². The zero-order valence-electron chi connectivity index (χ0n) is 18.7. The van der Waals surface area contributed by atoms with Gasteiger partial charge in [0.05, 0.1) is 20.0 Å². The smallest absolute Gasteiger partial charge is 0.269 e. The summed E-state index contributed by atoms with van der Waals surface area (Å²) in [7, 11) is 0. The Hall–Kier alpha value is -2.95. The Labute approximate surface area is 223 Å². The molecule has 0 aromatic heterocycles. The third-order valence-corrected chi connectivity index (χ3v) is 7.88. The average molecular weight is 617 g/mol. The number of hydrogen-bond donors (Lipinski definition) is 1. The van der Waals surface area contributed by atoms with E-state index >= 15 is 0 Å². The van der Waals surface area contributed by atoms with Gasteiger partial charge in [-0.3, -0.25) is 14.9 Å². The number of halogens is 2. The molecule has 0 spiro atoms. The van der Waals surface area contributed by atoms with Crippen molar-refractivity contribution in [1.82, 2.24) is 5.32 Å². The van der Waals surface area contributed by atoms with Crippen LogP contribution in [0.3, 0.4) is 0 Å². The predicted molar refractivity (Wildman–Crippen MR) is 146 cm³/mol. The molecule has 1 fully saturated rings. The van der Waals surface area contributed by atoms with E-state index in [9.17, 15) is 14.9 Å². The lowest BCUT2D eigenvalue weighted by atomic mass is 10.1. The Bertz CT molecular complexity index is 1360. The number of carbonyl (C=O) groups is 1. The largest absolute Gasteiger partial charge is 0.488 e. The SMILES string of the molecule is Cc1cc(N=C2NC(=O)/C(=C/c3ccc(OCc4ccc([N+](=O)[O-])cc4)c(Br)c3)S2)cc(C)c1Br. The fourth-order valence-corrected chi connectivity index (χ4v) is 4.92. The molecule has 3 aromatic rings. The summed E-state index contributed by atoms with van der Waals surface area (Å²) in [6.07, 6.45) is 1.80. The van der Waals surface area contributed by atoms with Crippen LogP contribution in [0.15, 0.2) is 73.4 Å². The van der Waals surface area contributed by atoms with E-state index in [1.807, 2.05) is 44.2 Å². The highest BCUT2D eigenvalue weighted by atomic mass is 79.9. The van der Waals surface area contributed by atoms with Crippen LogP contribution in [0.1, 0.15) is 22.3 Å². The first-order valence-corrected chi connectivity index (χ1v) is 12.8. The Balaban J connectivity index is 1.44. The molecule has 0 saturated carbocycles. The number of amidine groups is 1. The topological polar surface area (TPSA) is 93.8 Å². The van der Waals surface area contributed by atoms with Crippen LogP contribution in [0.2, 0.25) is 0 Å². The summed E-state index contributed by atoms with van der Waals surface area (Å²) in [5.41, 5.74) is 4.62. The second-order valence-electron chi connectivity index (χ2n) is 7.78. The van der Waals surface area contributed by atoms with Gasteiger partial charge in [0.1, 0.15) is 12.4 Å². The second kappa shape index (κ2) is 10.8. The number of nitrogens with one attached hydrogen (secondary N) is 1. The monoisotopic (exact) mass is 615 g/mol. The van der Waals surface area contributed by atoms with E-state index in [2.05, 4.69) is 42.2 Å². The van der Waals surface area contributed by atoms with E-state index < -0.39 is 4.92 Å². The average Bonchev–Trinajstić information content (AvgIpc) is 3.15. The van der Waals surface area contributed by atoms with Gasteiger partial charge in [-0.1, -0.05) is 22.0 Å². The van der Waals surface area contributed by atoms with E-state index in [4.69, 9.17) is 4.74 Å². The van der Waals surface area contributed by atoms with Crippen molar-refractivity contribution in [3.05, 3.63) is 101 Å². The second-order valence-corrected chi connectivity index (χ2v) is 10.5. The molecule has 0 atom stereocenters. The molecule has 1 aliphatic rings. The van der Waals surface area contributed by atoms with E-state index in [1.165, 1.54) is 23.9 Å². The van der Waals surface area contributed by atoms with Crippen molar-refractivity contribution >= 4 is 72.1 Å². The summed E-state index contributed by atoms with van der Waals surface area (Å²) < 4.78 is 7.62. The normalized spacial score (nSPS) is 15.5. The molecular formula is C25H19Br2N3O4S. The van der Waals surface area contributed by atoms with E-state index in [0.29, 0.717) is 15.8 Å². The Morgan fingerprint density at radius 2 is 1.77 bits per heavy atom. The highest BCUT2D eigenvalue weighted by Crippen LogP contribution is 2.33. The van der Waals surface area contributed by atoms with E-state index in [-0.39, 0.29) is 18.2 Å². The Morgan fingerprint density at radius 1 is 1.09 bits per heavy atom. The molecule has 1 saturated heterocycles. The van der Waals surface area contributed by atoms with Crippen LogP contribution in [0, 0.1) is 24.0 Å². The summed E-state index contributed by atoms with van der Waals surface area (Å²) >= 11 is 8.36. The number of aryl methyl sites for hydroxylation is 2. The summed E-state index contributed by atoms with van der Waals surface area (Å²) in [6, 6.07) is 15.7. The molecule has 1 N–H and O–H groups in total. The maximum Gasteiger partial charge on any atom is 0.269 e. The van der Waals surface area contributed by atoms with Crippen LogP contribution in [0.5, 0.6) is 5.75 Å². The van der Waals surface area contributed by atoms with E-state index in [0.717, 1.165) is 36.9 Å². The van der Waals surface area contributed by atoms with Crippen LogP contribution in [0.25, 0.3) is 6.08 Å². The zero-order valence-corrected chi connectivity index (χ0v) is 22.7. The van der Waals surface area contributed by atoms with Crippen molar-refractivity contribution in [2.75, 3.05) is 0 Å². The number of nitro groups is 1. The van der Waals surface area contributed by atoms with Crippen LogP contribution >= 0.6 is 43.6 Å². The van der Waals surface area contributed by atoms with Crippen molar-refractivity contribution in [2.45, 2.75) is 20.5 Å². The number of aliphatic imine (C=N–C) groups is 1. The van der Waals surface area contributed by atoms with Crippen LogP contribution in [-0.4, -0.2) is 16.0 Å². The molecule has 0 unspecified atom stereocenters. The number of ether oxygens (including phenoxy) is 1. The van der Waals surface area contributed by atoms with Gasteiger partial charge in [-0.15, -0.1) is 0 Å². The van der Waals surface area contributed by atoms with Gasteiger partial charge >= 0.3 is 0 Å². The molecular weight excluding hydrogens is 598 g/mol. The maximum atomic E-state index is 12.5. The molecule has 10 heteroatoms. The lowest BCUT2D eigenvalue weighted by Gasteiger charge is -2.09. The molecule has 35 heavy (non-hydrogen) atoms. The molecule has 1 aliphatic heterocycles. The number of amides is 1. The van der Waals surface area contributed by atoms with Gasteiger partial charge in [0.15, 0.2) is 5.17 Å². The number of nitro benzene ring substituents is 1. The molecule has 3 aromatic carbocycles. The number of hydrogen-bond acceptors (Lipinski definition) is 6. The summed E-state index contributed by atoms with van der Waals surface area (Å²) in [4.78, 5) is 27.9. The third kappa shape index (κ3) is 6.19. The minimum Gasteiger partial charge on any atom is -0.488 e. The summed E-state index contributed by atoms with van der Waals surface area (Å²) in [5, 5.41) is 14.1. The van der Waals surface area contributed by atoms with Gasteiger partial charge in [-0.2, -0.15) is 0 Å². The van der Waals surface area contributed by atoms with Gasteiger partial charge < -0.3 is 10.1 Å². The number of thioether (sulfide) groups is 1. The first-order valence-electron chi connectivity index (χ1n) is 10.4. The highest BCUT2D eigenvalue weighted by Gasteiger charge is 2.24. The molecule has 1 amide bonds. The van der Waals surface area contributed by atoms with E-state index in [1.54, 1.807) is 18.2 Å². The van der Waals surface area contributed by atoms with Crippen LogP contribution in [0.4, 0.5) is 11.4 Å². The fraction of sp³-hybridized carbons (Fsp3) is 0.120. The minimum atomic E-state index is -0.436. The number of benzene rings is 3. The van der Waals surface area contributed by atoms with Gasteiger partial charge in [0.25, 0.3) is 11.6 Å². The molecule has 178 valence electrons. The van der Waals surface area contributed by atoms with Crippen molar-refractivity contribution in [3.63, 3.8) is 0 Å². The lowest BCUT2D eigenvalue weighted by Crippen LogP contribution is -2.19. The number of non-ortho nitro benzene ring substituents is 1. The van der Waals surface area contributed by atoms with Crippen molar-refractivity contribution in [1.29, 1.82) is 0 Å². The lowest BCUT2D eigenvalue weighted by molar-refractivity contribution is -0.384. The Kier molecular flexibility index (Phi) is 7.73. The molecule has 0 bridgehead atoms. The summed E-state index contributed by atoms with van der Waals surface area (Å²) in [6.45, 7) is 4.28. The molecule has 0 radical (unpaired) electrons.